The van der Waals surface area contributed by atoms with Gasteiger partial charge in [0.2, 0.25) is 5.91 Å². The Balaban J connectivity index is 2.28. The molecule has 0 saturated heterocycles. The maximum Gasteiger partial charge on any atom is 0.334 e. The van der Waals surface area contributed by atoms with Crippen LogP contribution >= 0.6 is 0 Å². The van der Waals surface area contributed by atoms with Crippen LogP contribution in [0.25, 0.3) is 0 Å². The van der Waals surface area contributed by atoms with Gasteiger partial charge in [0.1, 0.15) is 0 Å². The van der Waals surface area contributed by atoms with Crippen LogP contribution in [0.3, 0.4) is 0 Å². The third-order valence-corrected chi connectivity index (χ3v) is 2.20. The molecule has 3 N–H and O–H groups in total. The van der Waals surface area contributed by atoms with Crippen LogP contribution in [0.1, 0.15) is 10.6 Å². The predicted octanol–water partition coefficient (Wildman–Crippen LogP) is -0.775. The molecule has 0 aliphatic rings. The van der Waals surface area contributed by atoms with Gasteiger partial charge in [-0.1, -0.05) is 0 Å². The summed E-state index contributed by atoms with van der Waals surface area (Å²) in [5.74, 6) is -2.14. The van der Waals surface area contributed by atoms with Crippen LogP contribution in [0.5, 0.6) is 0 Å². The Bertz CT molecular complexity index is 442. The lowest BCUT2D eigenvalue weighted by atomic mass is 10.3. The van der Waals surface area contributed by atoms with E-state index in [-0.39, 0.29) is 18.8 Å². The van der Waals surface area contributed by atoms with Gasteiger partial charge in [-0.3, -0.25) is 9.59 Å². The first-order valence-electron chi connectivity index (χ1n) is 5.38. The highest BCUT2D eigenvalue weighted by molar-refractivity contribution is 5.94. The van der Waals surface area contributed by atoms with Crippen LogP contribution in [0.4, 0.5) is 0 Å². The van der Waals surface area contributed by atoms with E-state index in [0.29, 0.717) is 0 Å². The zero-order chi connectivity index (χ0) is 14.3. The second-order valence-corrected chi connectivity index (χ2v) is 3.53. The Hall–Kier alpha value is -2.35. The zero-order valence-electron chi connectivity index (χ0n) is 10.2. The number of nitrogens with one attached hydrogen (secondary N) is 2. The number of aliphatic carboxylic acids is 1. The second-order valence-electron chi connectivity index (χ2n) is 3.53. The lowest BCUT2D eigenvalue weighted by Crippen LogP contribution is -2.42. The normalized spacial score (nSPS) is 11.6. The average Bonchev–Trinajstić information content (AvgIpc) is 2.90. The van der Waals surface area contributed by atoms with E-state index in [0.717, 1.165) is 0 Å². The minimum Gasteiger partial charge on any atom is -0.479 e. The molecule has 1 unspecified atom stereocenters. The van der Waals surface area contributed by atoms with Gasteiger partial charge in [0.25, 0.3) is 5.91 Å². The van der Waals surface area contributed by atoms with Crippen molar-refractivity contribution in [3.63, 3.8) is 0 Å². The summed E-state index contributed by atoms with van der Waals surface area (Å²) < 4.78 is 9.46. The summed E-state index contributed by atoms with van der Waals surface area (Å²) >= 11 is 0. The summed E-state index contributed by atoms with van der Waals surface area (Å²) in [6.07, 6.45) is 0.218. The monoisotopic (exact) mass is 270 g/mol. The van der Waals surface area contributed by atoms with E-state index in [9.17, 15) is 14.4 Å². The topological polar surface area (TPSA) is 118 Å². The number of amides is 2. The summed E-state index contributed by atoms with van der Waals surface area (Å²) in [5, 5.41) is 13.3. The third kappa shape index (κ3) is 4.80. The lowest BCUT2D eigenvalue weighted by molar-refractivity contribution is -0.148. The van der Waals surface area contributed by atoms with Gasteiger partial charge in [-0.15, -0.1) is 0 Å². The first-order chi connectivity index (χ1) is 9.04. The molecule has 8 nitrogen and oxygen atoms in total. The van der Waals surface area contributed by atoms with Crippen molar-refractivity contribution in [3.8, 4) is 0 Å². The van der Waals surface area contributed by atoms with Gasteiger partial charge in [0, 0.05) is 7.11 Å². The van der Waals surface area contributed by atoms with Crippen molar-refractivity contribution in [2.75, 3.05) is 20.2 Å². The van der Waals surface area contributed by atoms with E-state index in [2.05, 4.69) is 15.4 Å². The highest BCUT2D eigenvalue weighted by Gasteiger charge is 2.17. The van der Waals surface area contributed by atoms with Crippen LogP contribution in [0.15, 0.2) is 22.8 Å². The molecule has 0 aliphatic carbocycles. The largest absolute Gasteiger partial charge is 0.479 e. The number of ether oxygens (including phenoxy) is 1. The number of furan rings is 1. The Labute approximate surface area is 108 Å². The SMILES string of the molecule is COC(CNC(=O)CNC(=O)c1ccco1)C(=O)O. The van der Waals surface area contributed by atoms with Gasteiger partial charge in [-0.2, -0.15) is 0 Å². The van der Waals surface area contributed by atoms with Gasteiger partial charge in [-0.05, 0) is 12.1 Å². The smallest absolute Gasteiger partial charge is 0.334 e. The maximum atomic E-state index is 11.4. The quantitative estimate of drug-likeness (QED) is 0.598. The number of rotatable bonds is 7. The minimum atomic E-state index is -1.18. The molecular formula is C11H14N2O6. The summed E-state index contributed by atoms with van der Waals surface area (Å²) in [6.45, 7) is -0.461. The molecule has 0 aliphatic heterocycles. The lowest BCUT2D eigenvalue weighted by Gasteiger charge is -2.11. The first kappa shape index (κ1) is 14.7. The van der Waals surface area contributed by atoms with Gasteiger partial charge in [0.15, 0.2) is 11.9 Å². The van der Waals surface area contributed by atoms with Crippen LogP contribution in [-0.4, -0.2) is 49.2 Å². The van der Waals surface area contributed by atoms with Crippen LogP contribution in [0.2, 0.25) is 0 Å². The Morgan fingerprint density at radius 1 is 1.42 bits per heavy atom. The molecule has 19 heavy (non-hydrogen) atoms. The summed E-state index contributed by atoms with van der Waals surface area (Å²) in [4.78, 5) is 33.4. The van der Waals surface area contributed by atoms with Gasteiger partial charge in [0.05, 0.1) is 19.4 Å². The zero-order valence-corrected chi connectivity index (χ0v) is 10.2. The number of methoxy groups -OCH3 is 1. The van der Waals surface area contributed by atoms with Gasteiger partial charge < -0.3 is 24.9 Å². The van der Waals surface area contributed by atoms with Crippen LogP contribution in [0, 0.1) is 0 Å². The van der Waals surface area contributed by atoms with Gasteiger partial charge >= 0.3 is 5.97 Å². The molecule has 0 saturated carbocycles. The molecular weight excluding hydrogens is 256 g/mol. The van der Waals surface area contributed by atoms with E-state index < -0.39 is 23.9 Å². The van der Waals surface area contributed by atoms with E-state index >= 15 is 0 Å². The number of carboxylic acids is 1. The molecule has 0 spiro atoms. The third-order valence-electron chi connectivity index (χ3n) is 2.20. The van der Waals surface area contributed by atoms with Crippen molar-refractivity contribution in [3.05, 3.63) is 24.2 Å². The van der Waals surface area contributed by atoms with Crippen molar-refractivity contribution in [2.24, 2.45) is 0 Å². The van der Waals surface area contributed by atoms with E-state index in [4.69, 9.17) is 9.52 Å². The predicted molar refractivity (Wildman–Crippen MR) is 62.5 cm³/mol. The highest BCUT2D eigenvalue weighted by atomic mass is 16.5. The number of hydrogen-bond donors (Lipinski definition) is 3. The minimum absolute atomic E-state index is 0.0908. The molecule has 1 aromatic heterocycles. The Kier molecular flexibility index (Phi) is 5.55. The summed E-state index contributed by atoms with van der Waals surface area (Å²) in [5.41, 5.74) is 0. The molecule has 1 aromatic rings. The number of carbonyl (C=O) groups excluding carboxylic acids is 2. The molecule has 0 radical (unpaired) electrons. The maximum absolute atomic E-state index is 11.4. The summed E-state index contributed by atoms with van der Waals surface area (Å²) in [7, 11) is 1.23. The molecule has 0 bridgehead atoms. The molecule has 2 amide bonds. The van der Waals surface area contributed by atoms with E-state index in [1.165, 1.54) is 19.4 Å². The number of hydrogen-bond acceptors (Lipinski definition) is 5. The van der Waals surface area contributed by atoms with Crippen LogP contribution < -0.4 is 10.6 Å². The molecule has 1 atom stereocenters. The number of carboxylic acid groups (broad SMARTS) is 1. The Morgan fingerprint density at radius 2 is 2.16 bits per heavy atom. The average molecular weight is 270 g/mol. The summed E-state index contributed by atoms with van der Waals surface area (Å²) in [6, 6.07) is 3.00. The molecule has 1 rings (SSSR count). The molecule has 1 heterocycles. The second kappa shape index (κ2) is 7.17. The standard InChI is InChI=1S/C11H14N2O6/c1-18-8(11(16)17)5-12-9(14)6-13-10(15)7-3-2-4-19-7/h2-4,8H,5-6H2,1H3,(H,12,14)(H,13,15)(H,16,17). The van der Waals surface area contributed by atoms with Crippen LogP contribution in [-0.2, 0) is 14.3 Å². The molecule has 8 heteroatoms. The van der Waals surface area contributed by atoms with Crippen molar-refractivity contribution in [1.29, 1.82) is 0 Å². The molecule has 0 aromatic carbocycles. The van der Waals surface area contributed by atoms with Crippen molar-refractivity contribution >= 4 is 17.8 Å². The van der Waals surface area contributed by atoms with E-state index in [1.807, 2.05) is 0 Å². The number of carbonyl (C=O) groups is 3. The fourth-order valence-corrected chi connectivity index (χ4v) is 1.20. The fourth-order valence-electron chi connectivity index (χ4n) is 1.20. The molecule has 0 fully saturated rings. The van der Waals surface area contributed by atoms with Gasteiger partial charge in [-0.25, -0.2) is 4.79 Å². The first-order valence-corrected chi connectivity index (χ1v) is 5.38. The van der Waals surface area contributed by atoms with Crippen molar-refractivity contribution < 1.29 is 28.6 Å². The van der Waals surface area contributed by atoms with E-state index in [1.54, 1.807) is 6.07 Å². The highest BCUT2D eigenvalue weighted by Crippen LogP contribution is 1.98. The van der Waals surface area contributed by atoms with Crippen molar-refractivity contribution in [2.45, 2.75) is 6.10 Å². The van der Waals surface area contributed by atoms with Crippen molar-refractivity contribution in [1.82, 2.24) is 10.6 Å². The fraction of sp³-hybridized carbons (Fsp3) is 0.364. The Morgan fingerprint density at radius 3 is 2.68 bits per heavy atom. The molecule has 104 valence electrons.